The fraction of sp³-hybridized carbons (Fsp3) is 0.727. The normalized spacial score (nSPS) is 41.2. The quantitative estimate of drug-likeness (QED) is 0.312. The molecule has 14 heavy (non-hydrogen) atoms. The first-order chi connectivity index (χ1) is 6.53. The third kappa shape index (κ3) is 1.98. The van der Waals surface area contributed by atoms with Gasteiger partial charge in [-0.05, 0) is 13.0 Å². The van der Waals surface area contributed by atoms with Gasteiger partial charge in [0, 0.05) is 12.3 Å². The first-order valence-corrected chi connectivity index (χ1v) is 5.19. The summed E-state index contributed by atoms with van der Waals surface area (Å²) in [4.78, 5) is 0. The lowest BCUT2D eigenvalue weighted by Crippen LogP contribution is -2.58. The van der Waals surface area contributed by atoms with Gasteiger partial charge in [0.05, 0.1) is 31.9 Å². The van der Waals surface area contributed by atoms with Crippen LogP contribution in [0.2, 0.25) is 0 Å². The van der Waals surface area contributed by atoms with Gasteiger partial charge in [-0.25, -0.2) is 0 Å². The summed E-state index contributed by atoms with van der Waals surface area (Å²) >= 11 is 0. The Hall–Kier alpha value is -0.830. The average Bonchev–Trinajstić information content (AvgIpc) is 2.11. The Morgan fingerprint density at radius 1 is 1.64 bits per heavy atom. The Morgan fingerprint density at radius 3 is 2.79 bits per heavy atom. The first kappa shape index (κ1) is 11.2. The lowest BCUT2D eigenvalue weighted by atomic mass is 9.90. The molecular weight excluding hydrogens is 176 g/mol. The van der Waals surface area contributed by atoms with Crippen molar-refractivity contribution in [1.82, 2.24) is 0 Å². The van der Waals surface area contributed by atoms with Crippen LogP contribution in [0.5, 0.6) is 0 Å². The molecule has 0 radical (unpaired) electrons. The second-order valence-corrected chi connectivity index (χ2v) is 4.68. The summed E-state index contributed by atoms with van der Waals surface area (Å²) in [6.07, 6.45) is 2.87. The van der Waals surface area contributed by atoms with E-state index < -0.39 is 0 Å². The monoisotopic (exact) mass is 197 g/mol. The first-order valence-electron chi connectivity index (χ1n) is 5.19. The van der Waals surface area contributed by atoms with E-state index in [-0.39, 0.29) is 0 Å². The molecule has 1 N–H and O–H groups in total. The fourth-order valence-electron chi connectivity index (χ4n) is 2.32. The lowest BCUT2D eigenvalue weighted by Gasteiger charge is -2.45. The van der Waals surface area contributed by atoms with Gasteiger partial charge in [-0.15, -0.1) is 0 Å². The number of oxime groups is 1. The summed E-state index contributed by atoms with van der Waals surface area (Å²) in [7, 11) is 2.25. The minimum Gasteiger partial charge on any atom is -0.411 e. The Kier molecular flexibility index (Phi) is 3.32. The van der Waals surface area contributed by atoms with Crippen LogP contribution in [0.4, 0.5) is 0 Å². The van der Waals surface area contributed by atoms with Crippen molar-refractivity contribution in [2.75, 3.05) is 20.1 Å². The van der Waals surface area contributed by atoms with Crippen LogP contribution in [0.3, 0.4) is 0 Å². The van der Waals surface area contributed by atoms with E-state index in [0.29, 0.717) is 12.0 Å². The summed E-state index contributed by atoms with van der Waals surface area (Å²) in [6, 6.07) is 0.509. The number of nitrogens with zero attached hydrogens (tertiary/aromatic N) is 2. The van der Waals surface area contributed by atoms with Gasteiger partial charge in [0.1, 0.15) is 0 Å². The van der Waals surface area contributed by atoms with Gasteiger partial charge < -0.3 is 9.69 Å². The van der Waals surface area contributed by atoms with Gasteiger partial charge in [0.25, 0.3) is 0 Å². The molecule has 1 rings (SSSR count). The number of piperidine rings is 1. The van der Waals surface area contributed by atoms with E-state index in [2.05, 4.69) is 32.6 Å². The maximum atomic E-state index is 8.84. The number of likely N-dealkylation sites (tertiary alicyclic amines) is 1. The maximum Gasteiger partial charge on any atom is 0.0971 e. The minimum atomic E-state index is 0.376. The molecule has 3 atom stereocenters. The molecule has 0 aromatic heterocycles. The van der Waals surface area contributed by atoms with Crippen LogP contribution in [0.25, 0.3) is 0 Å². The van der Waals surface area contributed by atoms with Gasteiger partial charge in [0.2, 0.25) is 0 Å². The fourth-order valence-corrected chi connectivity index (χ4v) is 2.32. The van der Waals surface area contributed by atoms with Crippen molar-refractivity contribution in [3.63, 3.8) is 0 Å². The number of quaternary nitrogens is 1. The predicted molar refractivity (Wildman–Crippen MR) is 58.6 cm³/mol. The third-order valence-corrected chi connectivity index (χ3v) is 3.50. The highest BCUT2D eigenvalue weighted by atomic mass is 16.4. The average molecular weight is 197 g/mol. The molecule has 3 unspecified atom stereocenters. The van der Waals surface area contributed by atoms with E-state index in [1.807, 2.05) is 6.08 Å². The topological polar surface area (TPSA) is 32.6 Å². The van der Waals surface area contributed by atoms with Crippen LogP contribution in [-0.2, 0) is 0 Å². The number of likely N-dealkylation sites (N-methyl/N-ethyl adjacent to an activating group) is 1. The SMILES string of the molecule is C=CC[N+]1(C)CC(C)/C(=N\O)CC1C. The highest BCUT2D eigenvalue weighted by Crippen LogP contribution is 2.25. The third-order valence-electron chi connectivity index (χ3n) is 3.50. The summed E-state index contributed by atoms with van der Waals surface area (Å²) in [6.45, 7) is 10.2. The number of hydrogen-bond acceptors (Lipinski definition) is 2. The van der Waals surface area contributed by atoms with E-state index in [1.54, 1.807) is 0 Å². The molecule has 1 aliphatic heterocycles. The highest BCUT2D eigenvalue weighted by molar-refractivity contribution is 5.86. The maximum absolute atomic E-state index is 8.84. The van der Waals surface area contributed by atoms with E-state index in [1.165, 1.54) is 0 Å². The molecule has 0 amide bonds. The zero-order chi connectivity index (χ0) is 10.8. The molecule has 80 valence electrons. The second kappa shape index (κ2) is 4.13. The van der Waals surface area contributed by atoms with E-state index in [9.17, 15) is 0 Å². The molecule has 0 bridgehead atoms. The Balaban J connectivity index is 2.80. The van der Waals surface area contributed by atoms with Crippen molar-refractivity contribution in [2.24, 2.45) is 11.1 Å². The molecule has 1 aliphatic rings. The molecule has 3 nitrogen and oxygen atoms in total. The van der Waals surface area contributed by atoms with Gasteiger partial charge in [-0.3, -0.25) is 0 Å². The highest BCUT2D eigenvalue weighted by Gasteiger charge is 2.38. The molecule has 1 saturated heterocycles. The van der Waals surface area contributed by atoms with Crippen molar-refractivity contribution in [2.45, 2.75) is 26.3 Å². The predicted octanol–water partition coefficient (Wildman–Crippen LogP) is 1.88. The molecule has 0 aliphatic carbocycles. The van der Waals surface area contributed by atoms with Crippen LogP contribution in [0.1, 0.15) is 20.3 Å². The Bertz CT molecular complexity index is 250. The molecule has 0 aromatic rings. The van der Waals surface area contributed by atoms with Crippen molar-refractivity contribution in [3.05, 3.63) is 12.7 Å². The smallest absolute Gasteiger partial charge is 0.0971 e. The number of rotatable bonds is 2. The van der Waals surface area contributed by atoms with Crippen molar-refractivity contribution < 1.29 is 9.69 Å². The van der Waals surface area contributed by atoms with Crippen LogP contribution < -0.4 is 0 Å². The van der Waals surface area contributed by atoms with Gasteiger partial charge in [-0.2, -0.15) is 0 Å². The zero-order valence-corrected chi connectivity index (χ0v) is 9.40. The van der Waals surface area contributed by atoms with Crippen molar-refractivity contribution >= 4 is 5.71 Å². The van der Waals surface area contributed by atoms with Crippen molar-refractivity contribution in [1.29, 1.82) is 0 Å². The van der Waals surface area contributed by atoms with Crippen molar-refractivity contribution in [3.8, 4) is 0 Å². The summed E-state index contributed by atoms with van der Waals surface area (Å²) in [5.74, 6) is 0.376. The van der Waals surface area contributed by atoms with Crippen LogP contribution in [0, 0.1) is 5.92 Å². The standard InChI is InChI=1S/C11H20N2O/c1-5-6-13(4)8-9(2)11(12-14)7-10(13)3/h5,9-10H,1,6-8H2,2-4H3/p+1/b12-11-. The zero-order valence-electron chi connectivity index (χ0n) is 9.40. The van der Waals surface area contributed by atoms with Crippen LogP contribution >= 0.6 is 0 Å². The molecule has 1 heterocycles. The minimum absolute atomic E-state index is 0.376. The number of hydrogen-bond donors (Lipinski definition) is 1. The Labute approximate surface area is 86.3 Å². The largest absolute Gasteiger partial charge is 0.411 e. The molecule has 1 fully saturated rings. The molecular formula is C11H21N2O+. The Morgan fingerprint density at radius 2 is 2.29 bits per heavy atom. The van der Waals surface area contributed by atoms with Crippen LogP contribution in [-0.4, -0.2) is 41.6 Å². The summed E-state index contributed by atoms with van der Waals surface area (Å²) < 4.78 is 1.00. The lowest BCUT2D eigenvalue weighted by molar-refractivity contribution is -0.930. The summed E-state index contributed by atoms with van der Waals surface area (Å²) in [5.41, 5.74) is 0.942. The molecule has 0 saturated carbocycles. The van der Waals surface area contributed by atoms with E-state index >= 15 is 0 Å². The molecule has 0 spiro atoms. The molecule has 0 aromatic carbocycles. The summed E-state index contributed by atoms with van der Waals surface area (Å²) in [5, 5.41) is 12.2. The molecule has 3 heteroatoms. The van der Waals surface area contributed by atoms with Crippen LogP contribution in [0.15, 0.2) is 17.8 Å². The van der Waals surface area contributed by atoms with E-state index in [0.717, 1.165) is 29.7 Å². The van der Waals surface area contributed by atoms with Gasteiger partial charge in [-0.1, -0.05) is 18.7 Å². The van der Waals surface area contributed by atoms with E-state index in [4.69, 9.17) is 5.21 Å². The van der Waals surface area contributed by atoms with Gasteiger partial charge >= 0.3 is 0 Å². The van der Waals surface area contributed by atoms with Gasteiger partial charge in [0.15, 0.2) is 0 Å². The second-order valence-electron chi connectivity index (χ2n) is 4.68.